The van der Waals surface area contributed by atoms with Gasteiger partial charge in [0.25, 0.3) is 10.0 Å². The monoisotopic (exact) mass is 347 g/mol. The fraction of sp³-hybridized carbons (Fsp3) is 0.0667. The lowest BCUT2D eigenvalue weighted by molar-refractivity contribution is 0.256. The van der Waals surface area contributed by atoms with Crippen LogP contribution in [0.4, 0.5) is 10.6 Å². The second-order valence-corrected chi connectivity index (χ2v) is 7.39. The number of aromatic nitrogens is 1. The van der Waals surface area contributed by atoms with Crippen molar-refractivity contribution in [1.29, 1.82) is 0 Å². The Kier molecular flexibility index (Phi) is 4.01. The molecule has 8 heteroatoms. The minimum Gasteiger partial charge on any atom is -0.290 e. The second kappa shape index (κ2) is 5.98. The summed E-state index contributed by atoms with van der Waals surface area (Å²) in [6.07, 6.45) is 0. The number of nitrogens with zero attached hydrogens (tertiary/aromatic N) is 1. The molecule has 1 heterocycles. The normalized spacial score (nSPS) is 11.3. The Bertz CT molecular complexity index is 966. The van der Waals surface area contributed by atoms with E-state index in [0.717, 1.165) is 15.6 Å². The van der Waals surface area contributed by atoms with E-state index in [1.807, 2.05) is 29.8 Å². The molecule has 2 amide bonds. The van der Waals surface area contributed by atoms with Crippen LogP contribution >= 0.6 is 11.5 Å². The summed E-state index contributed by atoms with van der Waals surface area (Å²) in [4.78, 5) is 12.0. The maximum atomic E-state index is 12.1. The van der Waals surface area contributed by atoms with E-state index in [-0.39, 0.29) is 4.90 Å². The molecular weight excluding hydrogens is 334 g/mol. The van der Waals surface area contributed by atoms with Crippen LogP contribution < -0.4 is 10.0 Å². The second-order valence-electron chi connectivity index (χ2n) is 4.90. The van der Waals surface area contributed by atoms with Gasteiger partial charge in [-0.1, -0.05) is 29.8 Å². The van der Waals surface area contributed by atoms with Gasteiger partial charge >= 0.3 is 6.03 Å². The van der Waals surface area contributed by atoms with Crippen LogP contribution in [0.5, 0.6) is 0 Å². The Hall–Kier alpha value is -2.45. The Balaban J connectivity index is 1.80. The Morgan fingerprint density at radius 2 is 1.87 bits per heavy atom. The predicted molar refractivity (Wildman–Crippen MR) is 90.1 cm³/mol. The molecule has 0 saturated carbocycles. The number of hydrogen-bond donors (Lipinski definition) is 2. The number of hydrogen-bond acceptors (Lipinski definition) is 5. The van der Waals surface area contributed by atoms with E-state index in [1.54, 1.807) is 18.2 Å². The van der Waals surface area contributed by atoms with Gasteiger partial charge in [-0.2, -0.15) is 4.37 Å². The number of sulfonamides is 1. The molecule has 1 aromatic heterocycles. The van der Waals surface area contributed by atoms with Crippen LogP contribution in [0.2, 0.25) is 0 Å². The molecule has 0 aliphatic carbocycles. The van der Waals surface area contributed by atoms with E-state index in [2.05, 4.69) is 9.69 Å². The van der Waals surface area contributed by atoms with Crippen LogP contribution in [-0.4, -0.2) is 18.8 Å². The first kappa shape index (κ1) is 15.4. The summed E-state index contributed by atoms with van der Waals surface area (Å²) < 4.78 is 31.2. The van der Waals surface area contributed by atoms with Crippen molar-refractivity contribution in [2.45, 2.75) is 11.8 Å². The summed E-state index contributed by atoms with van der Waals surface area (Å²) >= 11 is 1.24. The summed E-state index contributed by atoms with van der Waals surface area (Å²) in [5.41, 5.74) is 1.03. The van der Waals surface area contributed by atoms with Gasteiger partial charge in [-0.25, -0.2) is 17.9 Å². The molecule has 0 fully saturated rings. The SMILES string of the molecule is Cc1ccc2snc(NC(=O)NS(=O)(=O)c3ccccc3)c2c1. The van der Waals surface area contributed by atoms with E-state index in [0.29, 0.717) is 5.82 Å². The summed E-state index contributed by atoms with van der Waals surface area (Å²) in [7, 11) is -3.91. The van der Waals surface area contributed by atoms with Gasteiger partial charge in [0.1, 0.15) is 0 Å². The number of rotatable bonds is 3. The maximum absolute atomic E-state index is 12.1. The number of nitrogens with one attached hydrogen (secondary N) is 2. The predicted octanol–water partition coefficient (Wildman–Crippen LogP) is 3.12. The molecule has 0 bridgehead atoms. The first-order valence-electron chi connectivity index (χ1n) is 6.70. The molecule has 3 aromatic rings. The Morgan fingerprint density at radius 1 is 1.13 bits per heavy atom. The summed E-state index contributed by atoms with van der Waals surface area (Å²) in [5, 5.41) is 3.27. The van der Waals surface area contributed by atoms with Crippen molar-refractivity contribution in [2.24, 2.45) is 0 Å². The summed E-state index contributed by atoms with van der Waals surface area (Å²) in [5.74, 6) is 0.342. The standard InChI is InChI=1S/C15H13N3O3S2/c1-10-7-8-13-12(9-10)14(17-22-13)16-15(19)18-23(20,21)11-5-3-2-4-6-11/h2-9H,1H3,(H2,16,17,18,19). The lowest BCUT2D eigenvalue weighted by Gasteiger charge is -2.07. The number of anilines is 1. The Labute approximate surface area is 137 Å². The average molecular weight is 347 g/mol. The van der Waals surface area contributed by atoms with Gasteiger partial charge in [0.15, 0.2) is 5.82 Å². The van der Waals surface area contributed by atoms with Crippen molar-refractivity contribution in [2.75, 3.05) is 5.32 Å². The van der Waals surface area contributed by atoms with Crippen LogP contribution in [0, 0.1) is 6.92 Å². The van der Waals surface area contributed by atoms with E-state index in [4.69, 9.17) is 0 Å². The zero-order valence-corrected chi connectivity index (χ0v) is 13.7. The summed E-state index contributed by atoms with van der Waals surface area (Å²) in [6.45, 7) is 1.93. The molecule has 3 rings (SSSR count). The van der Waals surface area contributed by atoms with E-state index >= 15 is 0 Å². The van der Waals surface area contributed by atoms with Crippen LogP contribution in [-0.2, 0) is 10.0 Å². The van der Waals surface area contributed by atoms with E-state index < -0.39 is 16.1 Å². The highest BCUT2D eigenvalue weighted by atomic mass is 32.2. The fourth-order valence-corrected chi connectivity index (χ4v) is 3.70. The number of benzene rings is 2. The first-order valence-corrected chi connectivity index (χ1v) is 8.96. The molecule has 6 nitrogen and oxygen atoms in total. The highest BCUT2D eigenvalue weighted by Crippen LogP contribution is 2.27. The van der Waals surface area contributed by atoms with Crippen LogP contribution in [0.15, 0.2) is 53.4 Å². The number of amides is 2. The van der Waals surface area contributed by atoms with Crippen molar-refractivity contribution >= 4 is 43.5 Å². The van der Waals surface area contributed by atoms with E-state index in [1.165, 1.54) is 23.7 Å². The average Bonchev–Trinajstić information content (AvgIpc) is 2.90. The number of carbonyl (C=O) groups excluding carboxylic acids is 1. The Morgan fingerprint density at radius 3 is 2.61 bits per heavy atom. The minimum absolute atomic E-state index is 0.0223. The maximum Gasteiger partial charge on any atom is 0.334 e. The molecule has 0 radical (unpaired) electrons. The number of aryl methyl sites for hydroxylation is 1. The molecule has 0 spiro atoms. The van der Waals surface area contributed by atoms with Crippen molar-refractivity contribution in [1.82, 2.24) is 9.10 Å². The minimum atomic E-state index is -3.91. The number of urea groups is 1. The van der Waals surface area contributed by atoms with Gasteiger partial charge in [-0.3, -0.25) is 5.32 Å². The highest BCUT2D eigenvalue weighted by molar-refractivity contribution is 7.90. The van der Waals surface area contributed by atoms with Crippen LogP contribution in [0.3, 0.4) is 0 Å². The van der Waals surface area contributed by atoms with Gasteiger partial charge in [0.2, 0.25) is 0 Å². The van der Waals surface area contributed by atoms with Crippen molar-refractivity contribution < 1.29 is 13.2 Å². The van der Waals surface area contributed by atoms with Crippen LogP contribution in [0.1, 0.15) is 5.56 Å². The molecule has 118 valence electrons. The topological polar surface area (TPSA) is 88.2 Å². The van der Waals surface area contributed by atoms with Gasteiger partial charge < -0.3 is 0 Å². The lowest BCUT2D eigenvalue weighted by Crippen LogP contribution is -2.34. The van der Waals surface area contributed by atoms with Gasteiger partial charge in [-0.15, -0.1) is 0 Å². The zero-order valence-electron chi connectivity index (χ0n) is 12.1. The first-order chi connectivity index (χ1) is 11.0. The molecular formula is C15H13N3O3S2. The molecule has 0 unspecified atom stereocenters. The van der Waals surface area contributed by atoms with Gasteiger partial charge in [0.05, 0.1) is 9.60 Å². The van der Waals surface area contributed by atoms with Gasteiger partial charge in [0, 0.05) is 5.39 Å². The smallest absolute Gasteiger partial charge is 0.290 e. The van der Waals surface area contributed by atoms with Crippen molar-refractivity contribution in [3.63, 3.8) is 0 Å². The molecule has 0 atom stereocenters. The molecule has 0 aliphatic rings. The molecule has 0 aliphatic heterocycles. The van der Waals surface area contributed by atoms with Crippen LogP contribution in [0.25, 0.3) is 10.1 Å². The largest absolute Gasteiger partial charge is 0.334 e. The molecule has 0 saturated heterocycles. The third kappa shape index (κ3) is 3.33. The third-order valence-electron chi connectivity index (χ3n) is 3.14. The van der Waals surface area contributed by atoms with Crippen molar-refractivity contribution in [3.8, 4) is 0 Å². The van der Waals surface area contributed by atoms with E-state index in [9.17, 15) is 13.2 Å². The molecule has 23 heavy (non-hydrogen) atoms. The lowest BCUT2D eigenvalue weighted by atomic mass is 10.2. The summed E-state index contributed by atoms with van der Waals surface area (Å²) in [6, 6.07) is 12.6. The highest BCUT2D eigenvalue weighted by Gasteiger charge is 2.18. The molecule has 2 aromatic carbocycles. The fourth-order valence-electron chi connectivity index (χ4n) is 2.06. The van der Waals surface area contributed by atoms with Gasteiger partial charge in [-0.05, 0) is 42.7 Å². The number of fused-ring (bicyclic) bond motifs is 1. The molecule has 2 N–H and O–H groups in total. The third-order valence-corrected chi connectivity index (χ3v) is 5.31. The van der Waals surface area contributed by atoms with Crippen molar-refractivity contribution in [3.05, 3.63) is 54.1 Å². The number of carbonyl (C=O) groups is 1. The zero-order chi connectivity index (χ0) is 16.4. The quantitative estimate of drug-likeness (QED) is 0.762.